The molecule has 4 nitrogen and oxygen atoms in total. The fourth-order valence-electron chi connectivity index (χ4n) is 3.92. The van der Waals surface area contributed by atoms with Crippen LogP contribution in [0.2, 0.25) is 0 Å². The predicted octanol–water partition coefficient (Wildman–Crippen LogP) is 4.41. The molecule has 0 aliphatic carbocycles. The summed E-state index contributed by atoms with van der Waals surface area (Å²) in [6, 6.07) is 16.8. The van der Waals surface area contributed by atoms with Crippen LogP contribution in [0.3, 0.4) is 0 Å². The van der Waals surface area contributed by atoms with Gasteiger partial charge >= 0.3 is 0 Å². The van der Waals surface area contributed by atoms with E-state index in [-0.39, 0.29) is 0 Å². The van der Waals surface area contributed by atoms with E-state index in [2.05, 4.69) is 30.1 Å². The number of ether oxygens (including phenoxy) is 1. The van der Waals surface area contributed by atoms with Crippen LogP contribution in [-0.4, -0.2) is 43.7 Å². The lowest BCUT2D eigenvalue weighted by Crippen LogP contribution is -2.40. The molecule has 2 aromatic carbocycles. The highest BCUT2D eigenvalue weighted by molar-refractivity contribution is 5.80. The van der Waals surface area contributed by atoms with Gasteiger partial charge in [0.1, 0.15) is 5.75 Å². The molecule has 2 aromatic rings. The van der Waals surface area contributed by atoms with Crippen LogP contribution in [0.25, 0.3) is 11.1 Å². The Labute approximate surface area is 170 Å². The molecule has 1 saturated heterocycles. The van der Waals surface area contributed by atoms with Gasteiger partial charge in [0.25, 0.3) is 0 Å². The highest BCUT2D eigenvalue weighted by Crippen LogP contribution is 2.33. The minimum absolute atomic E-state index is 0.681. The van der Waals surface area contributed by atoms with Crippen molar-refractivity contribution in [3.05, 3.63) is 48.5 Å². The molecule has 152 valence electrons. The zero-order chi connectivity index (χ0) is 19.8. The number of nitrogens with one attached hydrogen (secondary N) is 1. The van der Waals surface area contributed by atoms with Crippen molar-refractivity contribution in [1.29, 1.82) is 0 Å². The molecule has 0 atom stereocenters. The van der Waals surface area contributed by atoms with E-state index in [0.29, 0.717) is 12.6 Å². The van der Waals surface area contributed by atoms with Crippen molar-refractivity contribution >= 4 is 5.69 Å². The molecule has 4 heteroatoms. The third-order valence-corrected chi connectivity index (χ3v) is 5.71. The van der Waals surface area contributed by atoms with Crippen LogP contribution in [-0.2, 0) is 0 Å². The average molecular weight is 382 g/mol. The second-order valence-electron chi connectivity index (χ2n) is 8.06. The van der Waals surface area contributed by atoms with Crippen LogP contribution >= 0.6 is 0 Å². The fraction of sp³-hybridized carbons (Fsp3) is 0.500. The van der Waals surface area contributed by atoms with E-state index in [4.69, 9.17) is 10.5 Å². The highest BCUT2D eigenvalue weighted by Gasteiger charge is 2.20. The minimum Gasteiger partial charge on any atom is -0.493 e. The molecule has 3 N–H and O–H groups in total. The second kappa shape index (κ2) is 10.5. The van der Waals surface area contributed by atoms with Crippen molar-refractivity contribution in [3.63, 3.8) is 0 Å². The summed E-state index contributed by atoms with van der Waals surface area (Å²) in [7, 11) is 0. The maximum absolute atomic E-state index is 6.14. The first-order valence-corrected chi connectivity index (χ1v) is 10.7. The summed E-state index contributed by atoms with van der Waals surface area (Å²) in [6.45, 7) is 9.91. The number of anilines is 1. The smallest absolute Gasteiger partial charge is 0.127 e. The van der Waals surface area contributed by atoms with Crippen molar-refractivity contribution < 1.29 is 4.74 Å². The molecule has 0 amide bonds. The van der Waals surface area contributed by atoms with E-state index < -0.39 is 0 Å². The van der Waals surface area contributed by atoms with E-state index in [9.17, 15) is 0 Å². The molecule has 0 unspecified atom stereocenters. The molecule has 0 saturated carbocycles. The first-order chi connectivity index (χ1) is 13.6. The lowest BCUT2D eigenvalue weighted by Gasteiger charge is -2.34. The molecule has 0 bridgehead atoms. The number of nitrogens with zero attached hydrogens (tertiary/aromatic N) is 1. The Hall–Kier alpha value is -2.04. The Morgan fingerprint density at radius 2 is 1.71 bits per heavy atom. The van der Waals surface area contributed by atoms with Crippen LogP contribution in [0.5, 0.6) is 5.75 Å². The molecule has 1 aliphatic rings. The summed E-state index contributed by atoms with van der Waals surface area (Å²) in [5, 5.41) is 3.62. The topological polar surface area (TPSA) is 50.5 Å². The number of nitrogens with two attached hydrogens (primary N) is 1. The van der Waals surface area contributed by atoms with Gasteiger partial charge in [-0.15, -0.1) is 0 Å². The van der Waals surface area contributed by atoms with Crippen LogP contribution in [0.4, 0.5) is 5.69 Å². The van der Waals surface area contributed by atoms with Gasteiger partial charge in [-0.1, -0.05) is 36.4 Å². The predicted molar refractivity (Wildman–Crippen MR) is 119 cm³/mol. The summed E-state index contributed by atoms with van der Waals surface area (Å²) in [5.74, 6) is 1.72. The zero-order valence-corrected chi connectivity index (χ0v) is 17.4. The van der Waals surface area contributed by atoms with Gasteiger partial charge in [0.2, 0.25) is 0 Å². The second-order valence-corrected chi connectivity index (χ2v) is 8.06. The average Bonchev–Trinajstić information content (AvgIpc) is 2.72. The summed E-state index contributed by atoms with van der Waals surface area (Å²) >= 11 is 0. The van der Waals surface area contributed by atoms with Crippen molar-refractivity contribution in [3.8, 4) is 16.9 Å². The Morgan fingerprint density at radius 3 is 2.43 bits per heavy atom. The van der Waals surface area contributed by atoms with Crippen molar-refractivity contribution in [2.75, 3.05) is 38.5 Å². The number of hydrogen-bond acceptors (Lipinski definition) is 4. The van der Waals surface area contributed by atoms with E-state index >= 15 is 0 Å². The molecule has 0 aromatic heterocycles. The molecule has 0 radical (unpaired) electrons. The fourth-order valence-corrected chi connectivity index (χ4v) is 3.92. The van der Waals surface area contributed by atoms with E-state index in [1.807, 2.05) is 42.5 Å². The van der Waals surface area contributed by atoms with Crippen molar-refractivity contribution in [2.24, 2.45) is 5.92 Å². The Kier molecular flexibility index (Phi) is 7.75. The number of likely N-dealkylation sites (tertiary alicyclic amines) is 1. The third kappa shape index (κ3) is 5.73. The van der Waals surface area contributed by atoms with Gasteiger partial charge < -0.3 is 20.7 Å². The Bertz CT molecular complexity index is 723. The summed E-state index contributed by atoms with van der Waals surface area (Å²) in [6.07, 6.45) is 3.63. The largest absolute Gasteiger partial charge is 0.493 e. The molecule has 0 spiro atoms. The molecular formula is C24H35N3O. The normalized spacial score (nSPS) is 15.8. The van der Waals surface area contributed by atoms with Crippen LogP contribution in [0, 0.1) is 5.92 Å². The number of piperidine rings is 1. The SMILES string of the molecule is CC(C)N1CCC(CNCCCOc2ccccc2-c2ccccc2N)CC1. The van der Waals surface area contributed by atoms with Gasteiger partial charge in [-0.3, -0.25) is 0 Å². The molecule has 1 aliphatic heterocycles. The number of para-hydroxylation sites is 2. The van der Waals surface area contributed by atoms with Crippen LogP contribution in [0.15, 0.2) is 48.5 Å². The number of nitrogen functional groups attached to an aromatic ring is 1. The number of rotatable bonds is 9. The van der Waals surface area contributed by atoms with Crippen molar-refractivity contribution in [2.45, 2.75) is 39.2 Å². The van der Waals surface area contributed by atoms with Crippen molar-refractivity contribution in [1.82, 2.24) is 10.2 Å². The summed E-state index contributed by atoms with van der Waals surface area (Å²) < 4.78 is 6.08. The molecule has 1 fully saturated rings. The molecule has 1 heterocycles. The van der Waals surface area contributed by atoms with E-state index in [1.54, 1.807) is 0 Å². The van der Waals surface area contributed by atoms with Gasteiger partial charge in [-0.05, 0) is 77.3 Å². The van der Waals surface area contributed by atoms with Gasteiger partial charge in [-0.25, -0.2) is 0 Å². The molecule has 28 heavy (non-hydrogen) atoms. The van der Waals surface area contributed by atoms with E-state index in [0.717, 1.165) is 48.0 Å². The standard InChI is InChI=1S/C24H35N3O/c1-19(2)27-15-12-20(13-16-27)18-26-14-7-17-28-24-11-6-4-9-22(24)21-8-3-5-10-23(21)25/h3-6,8-11,19-20,26H,7,12-18,25H2,1-2H3. The van der Waals surface area contributed by atoms with Gasteiger partial charge in [0.15, 0.2) is 0 Å². The van der Waals surface area contributed by atoms with Gasteiger partial charge in [-0.2, -0.15) is 0 Å². The molecular weight excluding hydrogens is 346 g/mol. The maximum atomic E-state index is 6.14. The summed E-state index contributed by atoms with van der Waals surface area (Å²) in [4.78, 5) is 2.58. The van der Waals surface area contributed by atoms with Gasteiger partial charge in [0.05, 0.1) is 6.61 Å². The third-order valence-electron chi connectivity index (χ3n) is 5.71. The summed E-state index contributed by atoms with van der Waals surface area (Å²) in [5.41, 5.74) is 9.02. The lowest BCUT2D eigenvalue weighted by molar-refractivity contribution is 0.148. The first kappa shape index (κ1) is 20.7. The zero-order valence-electron chi connectivity index (χ0n) is 17.4. The van der Waals surface area contributed by atoms with Crippen LogP contribution in [0.1, 0.15) is 33.1 Å². The highest BCUT2D eigenvalue weighted by atomic mass is 16.5. The van der Waals surface area contributed by atoms with Crippen LogP contribution < -0.4 is 15.8 Å². The minimum atomic E-state index is 0.681. The quantitative estimate of drug-likeness (QED) is 0.499. The Morgan fingerprint density at radius 1 is 1.04 bits per heavy atom. The lowest BCUT2D eigenvalue weighted by atomic mass is 9.96. The number of benzene rings is 2. The monoisotopic (exact) mass is 381 g/mol. The van der Waals surface area contributed by atoms with E-state index in [1.165, 1.54) is 25.9 Å². The van der Waals surface area contributed by atoms with Gasteiger partial charge in [0, 0.05) is 22.9 Å². The molecule has 3 rings (SSSR count). The first-order valence-electron chi connectivity index (χ1n) is 10.7. The number of hydrogen-bond donors (Lipinski definition) is 2. The Balaban J connectivity index is 1.38. The maximum Gasteiger partial charge on any atom is 0.127 e.